The fourth-order valence-corrected chi connectivity index (χ4v) is 4.34. The summed E-state index contributed by atoms with van der Waals surface area (Å²) in [5.74, 6) is -0.491. The molecule has 28 heavy (non-hydrogen) atoms. The van der Waals surface area contributed by atoms with E-state index in [-0.39, 0.29) is 41.3 Å². The van der Waals surface area contributed by atoms with Gasteiger partial charge in [0.05, 0.1) is 13.1 Å². The minimum absolute atomic E-state index is 0. The first-order valence-electron chi connectivity index (χ1n) is 10.2. The van der Waals surface area contributed by atoms with Crippen LogP contribution < -0.4 is 10.6 Å². The summed E-state index contributed by atoms with van der Waals surface area (Å²) in [6.45, 7) is 1.82. The van der Waals surface area contributed by atoms with E-state index < -0.39 is 6.23 Å². The van der Waals surface area contributed by atoms with Crippen LogP contribution in [-0.4, -0.2) is 53.3 Å². The Labute approximate surface area is 173 Å². The fourth-order valence-electron chi connectivity index (χ4n) is 4.34. The van der Waals surface area contributed by atoms with Gasteiger partial charge in [0.25, 0.3) is 6.23 Å². The van der Waals surface area contributed by atoms with Crippen molar-refractivity contribution in [1.29, 1.82) is 0 Å². The summed E-state index contributed by atoms with van der Waals surface area (Å²) in [4.78, 5) is 25.6. The molecule has 2 aliphatic rings. The zero-order valence-electron chi connectivity index (χ0n) is 16.4. The van der Waals surface area contributed by atoms with Crippen LogP contribution in [0.3, 0.4) is 0 Å². The maximum atomic E-state index is 13.0. The van der Waals surface area contributed by atoms with Gasteiger partial charge in [-0.2, -0.15) is 0 Å². The number of nitrogens with zero attached hydrogens (tertiary/aromatic N) is 1. The molecular weight excluding hydrogens is 378 g/mol. The molecule has 0 aromatic heterocycles. The number of nitrogens with one attached hydrogen (secondary N) is 2. The van der Waals surface area contributed by atoms with E-state index >= 15 is 0 Å². The van der Waals surface area contributed by atoms with E-state index in [2.05, 4.69) is 10.6 Å². The highest BCUT2D eigenvalue weighted by Crippen LogP contribution is 2.24. The quantitative estimate of drug-likeness (QED) is 0.601. The maximum absolute atomic E-state index is 13.0. The normalized spacial score (nSPS) is 20.2. The van der Waals surface area contributed by atoms with Crippen LogP contribution in [-0.2, 0) is 16.1 Å². The molecule has 156 valence electrons. The van der Waals surface area contributed by atoms with Gasteiger partial charge in [0.2, 0.25) is 0 Å². The number of aliphatic hydroxyl groups excluding tert-OH is 1. The van der Waals surface area contributed by atoms with E-state index in [1.165, 1.54) is 6.42 Å². The van der Waals surface area contributed by atoms with E-state index in [9.17, 15) is 14.7 Å². The van der Waals surface area contributed by atoms with Crippen LogP contribution in [0.5, 0.6) is 0 Å². The minimum Gasteiger partial charge on any atom is -0.346 e. The molecule has 0 spiro atoms. The Morgan fingerprint density at radius 3 is 2.32 bits per heavy atom. The summed E-state index contributed by atoms with van der Waals surface area (Å²) in [5, 5.41) is 16.9. The highest BCUT2D eigenvalue weighted by molar-refractivity contribution is 5.85. The summed E-state index contributed by atoms with van der Waals surface area (Å²) < 4.78 is -0.139. The smallest absolute Gasteiger partial charge is 0.330 e. The Morgan fingerprint density at radius 1 is 1.04 bits per heavy atom. The average Bonchev–Trinajstić information content (AvgIpc) is 3.20. The van der Waals surface area contributed by atoms with Gasteiger partial charge in [-0.15, -0.1) is 12.4 Å². The Bertz CT molecular complexity index is 629. The van der Waals surface area contributed by atoms with Crippen LogP contribution in [0.4, 0.5) is 0 Å². The standard InChI is InChI=1S/C21H31N3O3.ClH/c25-19(16-22-15-17-9-3-1-4-10-17)24(13-7-8-14-24)21(27)20(26)23-18-11-5-2-6-12-18;/h1,3-4,9-10,18,21-22,27H,2,5-8,11-16H2;1H/p+1. The molecule has 1 aliphatic carbocycles. The van der Waals surface area contributed by atoms with Gasteiger partial charge in [-0.25, -0.2) is 9.28 Å². The summed E-state index contributed by atoms with van der Waals surface area (Å²) in [6, 6.07) is 10.0. The van der Waals surface area contributed by atoms with Crippen LogP contribution in [0.15, 0.2) is 30.3 Å². The highest BCUT2D eigenvalue weighted by atomic mass is 35.5. The molecule has 1 unspecified atom stereocenters. The van der Waals surface area contributed by atoms with Gasteiger partial charge in [-0.05, 0) is 18.4 Å². The lowest BCUT2D eigenvalue weighted by atomic mass is 9.95. The molecular formula is C21H33ClN3O3+. The summed E-state index contributed by atoms with van der Waals surface area (Å²) >= 11 is 0. The monoisotopic (exact) mass is 410 g/mol. The first-order chi connectivity index (χ1) is 13.1. The largest absolute Gasteiger partial charge is 0.346 e. The predicted molar refractivity (Wildman–Crippen MR) is 111 cm³/mol. The Morgan fingerprint density at radius 2 is 1.68 bits per heavy atom. The second-order valence-electron chi connectivity index (χ2n) is 7.89. The first-order valence-corrected chi connectivity index (χ1v) is 10.2. The van der Waals surface area contributed by atoms with E-state index in [0.29, 0.717) is 19.6 Å². The van der Waals surface area contributed by atoms with Crippen molar-refractivity contribution in [1.82, 2.24) is 10.6 Å². The Hall–Kier alpha value is -1.47. The predicted octanol–water partition coefficient (Wildman–Crippen LogP) is 2.10. The molecule has 2 fully saturated rings. The zero-order valence-corrected chi connectivity index (χ0v) is 17.3. The number of amides is 2. The molecule has 6 nitrogen and oxygen atoms in total. The summed E-state index contributed by atoms with van der Waals surface area (Å²) in [6.07, 6.45) is 5.78. The topological polar surface area (TPSA) is 78.4 Å². The number of aliphatic hydroxyl groups is 1. The molecule has 3 N–H and O–H groups in total. The van der Waals surface area contributed by atoms with Gasteiger partial charge in [0.1, 0.15) is 6.54 Å². The van der Waals surface area contributed by atoms with Gasteiger partial charge in [0, 0.05) is 25.4 Å². The van der Waals surface area contributed by atoms with Crippen molar-refractivity contribution in [3.05, 3.63) is 35.9 Å². The SMILES string of the molecule is Cl.O=C(NC1CCCCC1)C(O)[N+]1(C(=O)CNCc2ccccc2)CCCC1. The Kier molecular flexibility index (Phi) is 8.89. The van der Waals surface area contributed by atoms with Crippen molar-refractivity contribution in [2.45, 2.75) is 63.8 Å². The van der Waals surface area contributed by atoms with Crippen LogP contribution >= 0.6 is 12.4 Å². The van der Waals surface area contributed by atoms with Crippen LogP contribution in [0.25, 0.3) is 0 Å². The van der Waals surface area contributed by atoms with Gasteiger partial charge in [-0.3, -0.25) is 4.79 Å². The highest BCUT2D eigenvalue weighted by Gasteiger charge is 2.49. The number of carbonyl (C=O) groups is 2. The number of carbonyl (C=O) groups excluding carboxylic acids is 2. The second-order valence-corrected chi connectivity index (χ2v) is 7.89. The lowest BCUT2D eigenvalue weighted by molar-refractivity contribution is -0.880. The number of quaternary nitrogens is 1. The average molecular weight is 411 g/mol. The van der Waals surface area contributed by atoms with Gasteiger partial charge in [0.15, 0.2) is 0 Å². The van der Waals surface area contributed by atoms with Crippen molar-refractivity contribution in [2.75, 3.05) is 19.6 Å². The zero-order chi connectivity index (χ0) is 19.1. The first kappa shape index (κ1) is 22.8. The van der Waals surface area contributed by atoms with E-state index in [0.717, 1.165) is 44.1 Å². The van der Waals surface area contributed by atoms with Crippen LogP contribution in [0.2, 0.25) is 0 Å². The third-order valence-corrected chi connectivity index (χ3v) is 5.96. The van der Waals surface area contributed by atoms with Crippen molar-refractivity contribution < 1.29 is 19.2 Å². The molecule has 1 heterocycles. The summed E-state index contributed by atoms with van der Waals surface area (Å²) in [5.41, 5.74) is 1.11. The van der Waals surface area contributed by atoms with Gasteiger partial charge in [-0.1, -0.05) is 49.6 Å². The summed E-state index contributed by atoms with van der Waals surface area (Å²) in [7, 11) is 0. The van der Waals surface area contributed by atoms with E-state index in [1.807, 2.05) is 30.3 Å². The molecule has 1 saturated carbocycles. The molecule has 1 saturated heterocycles. The molecule has 1 aromatic carbocycles. The number of benzene rings is 1. The molecule has 0 radical (unpaired) electrons. The van der Waals surface area contributed by atoms with Gasteiger partial charge < -0.3 is 15.7 Å². The lowest BCUT2D eigenvalue weighted by Gasteiger charge is -2.35. The maximum Gasteiger partial charge on any atom is 0.330 e. The molecule has 0 bridgehead atoms. The minimum atomic E-state index is -1.31. The Balaban J connectivity index is 0.00000280. The van der Waals surface area contributed by atoms with Crippen LogP contribution in [0, 0.1) is 0 Å². The molecule has 7 heteroatoms. The van der Waals surface area contributed by atoms with E-state index in [1.54, 1.807) is 0 Å². The van der Waals surface area contributed by atoms with Gasteiger partial charge >= 0.3 is 11.8 Å². The molecule has 1 aromatic rings. The lowest BCUT2D eigenvalue weighted by Crippen LogP contribution is -2.65. The third-order valence-electron chi connectivity index (χ3n) is 5.96. The van der Waals surface area contributed by atoms with Crippen molar-refractivity contribution in [2.24, 2.45) is 0 Å². The molecule has 3 rings (SSSR count). The van der Waals surface area contributed by atoms with E-state index in [4.69, 9.17) is 0 Å². The molecule has 1 aliphatic heterocycles. The fraction of sp³-hybridized carbons (Fsp3) is 0.619. The van der Waals surface area contributed by atoms with Crippen molar-refractivity contribution in [3.8, 4) is 0 Å². The molecule has 2 amide bonds. The second kappa shape index (κ2) is 10.9. The number of halogens is 1. The molecule has 1 atom stereocenters. The van der Waals surface area contributed by atoms with Crippen LogP contribution in [0.1, 0.15) is 50.5 Å². The van der Waals surface area contributed by atoms with Crippen molar-refractivity contribution >= 4 is 24.2 Å². The number of hydrogen-bond acceptors (Lipinski definition) is 4. The third kappa shape index (κ3) is 5.54. The number of hydrogen-bond donors (Lipinski definition) is 3. The van der Waals surface area contributed by atoms with Crippen molar-refractivity contribution in [3.63, 3.8) is 0 Å². The number of rotatable bonds is 7. The number of likely N-dealkylation sites (tertiary alicyclic amines) is 1.